The van der Waals surface area contributed by atoms with E-state index in [0.29, 0.717) is 23.7 Å². The van der Waals surface area contributed by atoms with Crippen LogP contribution < -0.4 is 9.47 Å². The van der Waals surface area contributed by atoms with E-state index >= 15 is 0 Å². The summed E-state index contributed by atoms with van der Waals surface area (Å²) in [6.45, 7) is 0.376. The maximum absolute atomic E-state index is 12.4. The van der Waals surface area contributed by atoms with Crippen LogP contribution in [0.1, 0.15) is 16.7 Å². The summed E-state index contributed by atoms with van der Waals surface area (Å²) in [5.74, 6) is 0.366. The Kier molecular flexibility index (Phi) is 7.13. The zero-order chi connectivity index (χ0) is 24.2. The van der Waals surface area contributed by atoms with Crippen LogP contribution in [0.15, 0.2) is 71.4 Å². The summed E-state index contributed by atoms with van der Waals surface area (Å²) in [6.07, 6.45) is 1.55. The largest absolute Gasteiger partial charge is 0.493 e. The highest BCUT2D eigenvalue weighted by Gasteiger charge is 2.26. The van der Waals surface area contributed by atoms with Crippen molar-refractivity contribution in [3.8, 4) is 11.5 Å². The molecule has 1 heterocycles. The van der Waals surface area contributed by atoms with Gasteiger partial charge < -0.3 is 14.2 Å². The number of nitro groups is 1. The van der Waals surface area contributed by atoms with Crippen LogP contribution in [0.3, 0.4) is 0 Å². The molecule has 0 saturated carbocycles. The molecule has 0 radical (unpaired) electrons. The van der Waals surface area contributed by atoms with Gasteiger partial charge in [-0.3, -0.25) is 10.1 Å². The predicted molar refractivity (Wildman–Crippen MR) is 135 cm³/mol. The molecule has 10 heteroatoms. The number of carbonyl (C=O) groups excluding carboxylic acids is 1. The molecule has 0 amide bonds. The number of esters is 1. The van der Waals surface area contributed by atoms with Gasteiger partial charge in [-0.15, -0.1) is 0 Å². The van der Waals surface area contributed by atoms with Crippen molar-refractivity contribution in [2.75, 3.05) is 7.11 Å². The molecule has 1 aliphatic rings. The second kappa shape index (κ2) is 10.2. The van der Waals surface area contributed by atoms with Gasteiger partial charge in [0, 0.05) is 11.6 Å². The Balaban J connectivity index is 1.61. The Morgan fingerprint density at radius 3 is 2.65 bits per heavy atom. The third-order valence-corrected chi connectivity index (χ3v) is 5.91. The standard InChI is InChI=1S/C24H16ClIN2O6/c1-32-21-11-15(9-18(26)22(21)33-13-14-5-3-2-4-6-14)10-19-24(29)34-23(27-19)16-7-8-17(25)20(12-16)28(30)31/h2-12H,13H2,1H3/b19-10-. The molecule has 34 heavy (non-hydrogen) atoms. The van der Waals surface area contributed by atoms with Gasteiger partial charge >= 0.3 is 5.97 Å². The summed E-state index contributed by atoms with van der Waals surface area (Å²) in [7, 11) is 1.53. The Morgan fingerprint density at radius 1 is 1.18 bits per heavy atom. The zero-order valence-corrected chi connectivity index (χ0v) is 20.6. The van der Waals surface area contributed by atoms with Gasteiger partial charge in [0.15, 0.2) is 17.2 Å². The highest BCUT2D eigenvalue weighted by Crippen LogP contribution is 2.36. The van der Waals surface area contributed by atoms with Crippen molar-refractivity contribution in [1.82, 2.24) is 0 Å². The minimum Gasteiger partial charge on any atom is -0.493 e. The number of methoxy groups -OCH3 is 1. The number of halogens is 2. The second-order valence-electron chi connectivity index (χ2n) is 7.07. The fourth-order valence-electron chi connectivity index (χ4n) is 3.17. The van der Waals surface area contributed by atoms with Crippen LogP contribution in [0.5, 0.6) is 11.5 Å². The van der Waals surface area contributed by atoms with E-state index in [1.165, 1.54) is 25.3 Å². The van der Waals surface area contributed by atoms with Gasteiger partial charge in [0.25, 0.3) is 5.69 Å². The maximum Gasteiger partial charge on any atom is 0.363 e. The number of hydrogen-bond donors (Lipinski definition) is 0. The van der Waals surface area contributed by atoms with Gasteiger partial charge in [-0.05, 0) is 64.1 Å². The quantitative estimate of drug-likeness (QED) is 0.114. The summed E-state index contributed by atoms with van der Waals surface area (Å²) in [4.78, 5) is 27.1. The lowest BCUT2D eigenvalue weighted by molar-refractivity contribution is -0.384. The van der Waals surface area contributed by atoms with Crippen molar-refractivity contribution in [2.24, 2.45) is 4.99 Å². The molecular weight excluding hydrogens is 575 g/mol. The van der Waals surface area contributed by atoms with E-state index in [1.54, 1.807) is 12.1 Å². The van der Waals surface area contributed by atoms with Crippen LogP contribution in [0.4, 0.5) is 5.69 Å². The monoisotopic (exact) mass is 590 g/mol. The number of carbonyl (C=O) groups is 1. The summed E-state index contributed by atoms with van der Waals surface area (Å²) in [5, 5.41) is 11.1. The molecule has 0 N–H and O–H groups in total. The van der Waals surface area contributed by atoms with E-state index in [9.17, 15) is 14.9 Å². The van der Waals surface area contributed by atoms with E-state index in [4.69, 9.17) is 25.8 Å². The van der Waals surface area contributed by atoms with Gasteiger partial charge in [-0.2, -0.15) is 0 Å². The minimum absolute atomic E-state index is 0.0225. The smallest absolute Gasteiger partial charge is 0.363 e. The van der Waals surface area contributed by atoms with Crippen molar-refractivity contribution < 1.29 is 23.9 Å². The van der Waals surface area contributed by atoms with Gasteiger partial charge in [-0.1, -0.05) is 41.9 Å². The van der Waals surface area contributed by atoms with Crippen LogP contribution in [-0.4, -0.2) is 23.9 Å². The molecule has 3 aromatic carbocycles. The normalized spacial score (nSPS) is 14.0. The van der Waals surface area contributed by atoms with Crippen molar-refractivity contribution in [1.29, 1.82) is 0 Å². The van der Waals surface area contributed by atoms with Crippen molar-refractivity contribution in [2.45, 2.75) is 6.61 Å². The lowest BCUT2D eigenvalue weighted by atomic mass is 10.1. The predicted octanol–water partition coefficient (Wildman–Crippen LogP) is 5.78. The Morgan fingerprint density at radius 2 is 1.94 bits per heavy atom. The molecule has 0 atom stereocenters. The van der Waals surface area contributed by atoms with Gasteiger partial charge in [0.1, 0.15) is 11.6 Å². The molecule has 0 aliphatic carbocycles. The molecule has 0 fully saturated rings. The SMILES string of the molecule is COc1cc(/C=C2\N=C(c3ccc(Cl)c([N+](=O)[O-])c3)OC2=O)cc(I)c1OCc1ccccc1. The van der Waals surface area contributed by atoms with Crippen LogP contribution in [-0.2, 0) is 16.1 Å². The van der Waals surface area contributed by atoms with Crippen LogP contribution in [0, 0.1) is 13.7 Å². The highest BCUT2D eigenvalue weighted by atomic mass is 127. The highest BCUT2D eigenvalue weighted by molar-refractivity contribution is 14.1. The third-order valence-electron chi connectivity index (χ3n) is 4.79. The molecule has 0 spiro atoms. The molecule has 0 aromatic heterocycles. The first-order chi connectivity index (χ1) is 16.4. The van der Waals surface area contributed by atoms with Crippen LogP contribution in [0.25, 0.3) is 6.08 Å². The molecule has 172 valence electrons. The Bertz CT molecular complexity index is 1340. The second-order valence-corrected chi connectivity index (χ2v) is 8.64. The minimum atomic E-state index is -0.675. The van der Waals surface area contributed by atoms with Gasteiger partial charge in [-0.25, -0.2) is 9.79 Å². The molecule has 4 rings (SSSR count). The lowest BCUT2D eigenvalue weighted by Crippen LogP contribution is -2.06. The third kappa shape index (κ3) is 5.20. The van der Waals surface area contributed by atoms with E-state index in [2.05, 4.69) is 27.6 Å². The van der Waals surface area contributed by atoms with Gasteiger partial charge in [0.2, 0.25) is 5.90 Å². The summed E-state index contributed by atoms with van der Waals surface area (Å²) in [5.41, 5.74) is 1.67. The zero-order valence-electron chi connectivity index (χ0n) is 17.7. The number of cyclic esters (lactones) is 1. The number of aliphatic imine (C=N–C) groups is 1. The Hall–Kier alpha value is -3.44. The summed E-state index contributed by atoms with van der Waals surface area (Å²) in [6, 6.07) is 17.4. The number of hydrogen-bond acceptors (Lipinski definition) is 7. The first kappa shape index (κ1) is 23.7. The summed E-state index contributed by atoms with van der Waals surface area (Å²) >= 11 is 7.99. The number of nitrogens with zero attached hydrogens (tertiary/aromatic N) is 2. The maximum atomic E-state index is 12.4. The fraction of sp³-hybridized carbons (Fsp3) is 0.0833. The molecule has 0 saturated heterocycles. The number of benzene rings is 3. The topological polar surface area (TPSA) is 100 Å². The Labute approximate surface area is 213 Å². The molecule has 0 unspecified atom stereocenters. The molecule has 0 bridgehead atoms. The van der Waals surface area contributed by atoms with E-state index < -0.39 is 10.9 Å². The molecule has 8 nitrogen and oxygen atoms in total. The van der Waals surface area contributed by atoms with E-state index in [0.717, 1.165) is 9.13 Å². The first-order valence-electron chi connectivity index (χ1n) is 9.87. The average molecular weight is 591 g/mol. The first-order valence-corrected chi connectivity index (χ1v) is 11.3. The van der Waals surface area contributed by atoms with Gasteiger partial charge in [0.05, 0.1) is 15.6 Å². The number of ether oxygens (including phenoxy) is 3. The van der Waals surface area contributed by atoms with Crippen molar-refractivity contribution in [3.63, 3.8) is 0 Å². The molecular formula is C24H16ClIN2O6. The fourth-order valence-corrected chi connectivity index (χ4v) is 4.14. The van der Waals surface area contributed by atoms with Crippen LogP contribution >= 0.6 is 34.2 Å². The lowest BCUT2D eigenvalue weighted by Gasteiger charge is -2.13. The van der Waals surface area contributed by atoms with Crippen molar-refractivity contribution in [3.05, 3.63) is 102 Å². The summed E-state index contributed by atoms with van der Waals surface area (Å²) < 4.78 is 17.5. The number of nitro benzene ring substituents is 1. The number of rotatable bonds is 7. The molecule has 1 aliphatic heterocycles. The van der Waals surface area contributed by atoms with Crippen LogP contribution in [0.2, 0.25) is 5.02 Å². The van der Waals surface area contributed by atoms with E-state index in [1.807, 2.05) is 36.4 Å². The van der Waals surface area contributed by atoms with E-state index in [-0.39, 0.29) is 27.9 Å². The molecule has 3 aromatic rings. The average Bonchev–Trinajstić information content (AvgIpc) is 3.18. The van der Waals surface area contributed by atoms with Crippen molar-refractivity contribution >= 4 is 57.8 Å².